The quantitative estimate of drug-likeness (QED) is 0.712. The molecule has 1 aliphatic rings. The van der Waals surface area contributed by atoms with Crippen LogP contribution >= 0.6 is 11.8 Å². The summed E-state index contributed by atoms with van der Waals surface area (Å²) in [5.41, 5.74) is 0. The molecule has 0 spiro atoms. The molecule has 2 unspecified atom stereocenters. The molecule has 0 amide bonds. The number of hydrogen-bond donors (Lipinski definition) is 1. The van der Waals surface area contributed by atoms with Crippen LogP contribution in [-0.2, 0) is 4.79 Å². The predicted molar refractivity (Wildman–Crippen MR) is 46.9 cm³/mol. The van der Waals surface area contributed by atoms with E-state index < -0.39 is 5.97 Å². The number of thioether (sulfide) groups is 1. The van der Waals surface area contributed by atoms with Crippen LogP contribution in [0, 0.1) is 0 Å². The van der Waals surface area contributed by atoms with Crippen LogP contribution < -0.4 is 0 Å². The molecule has 0 radical (unpaired) electrons. The van der Waals surface area contributed by atoms with Gasteiger partial charge in [0.15, 0.2) is 0 Å². The van der Waals surface area contributed by atoms with E-state index in [0.717, 1.165) is 12.8 Å². The first-order valence-electron chi connectivity index (χ1n) is 4.12. The number of carboxylic acid groups (broad SMARTS) is 1. The summed E-state index contributed by atoms with van der Waals surface area (Å²) >= 11 is 1.64. The maximum atomic E-state index is 10.5. The number of aliphatic carboxylic acids is 1. The molecule has 1 heterocycles. The molecule has 64 valence electrons. The summed E-state index contributed by atoms with van der Waals surface area (Å²) in [4.78, 5) is 10.5. The van der Waals surface area contributed by atoms with Crippen LogP contribution in [0.5, 0.6) is 0 Å². The maximum Gasteiger partial charge on any atom is 0.316 e. The zero-order valence-corrected chi connectivity index (χ0v) is 7.56. The Morgan fingerprint density at radius 1 is 1.64 bits per heavy atom. The Bertz CT molecular complexity index is 147. The zero-order valence-electron chi connectivity index (χ0n) is 6.75. The van der Waals surface area contributed by atoms with Gasteiger partial charge in [-0.15, -0.1) is 11.8 Å². The fraction of sp³-hybridized carbons (Fsp3) is 0.875. The number of carbonyl (C=O) groups is 1. The molecule has 0 aromatic heterocycles. The Morgan fingerprint density at radius 2 is 2.36 bits per heavy atom. The van der Waals surface area contributed by atoms with Gasteiger partial charge in [-0.1, -0.05) is 13.3 Å². The first-order chi connectivity index (χ1) is 5.24. The van der Waals surface area contributed by atoms with E-state index >= 15 is 0 Å². The maximum absolute atomic E-state index is 10.5. The van der Waals surface area contributed by atoms with Crippen molar-refractivity contribution < 1.29 is 9.90 Å². The van der Waals surface area contributed by atoms with Crippen molar-refractivity contribution in [2.24, 2.45) is 0 Å². The Balaban J connectivity index is 2.29. The number of carboxylic acids is 1. The largest absolute Gasteiger partial charge is 0.480 e. The third-order valence-corrected chi connectivity index (χ3v) is 3.62. The summed E-state index contributed by atoms with van der Waals surface area (Å²) in [6, 6.07) is 0. The van der Waals surface area contributed by atoms with Gasteiger partial charge in [-0.05, 0) is 19.3 Å². The van der Waals surface area contributed by atoms with Gasteiger partial charge in [0.2, 0.25) is 0 Å². The molecule has 1 saturated heterocycles. The molecule has 0 aromatic rings. The second-order valence-electron chi connectivity index (χ2n) is 2.95. The van der Waals surface area contributed by atoms with Crippen LogP contribution in [-0.4, -0.2) is 21.6 Å². The van der Waals surface area contributed by atoms with Gasteiger partial charge in [-0.25, -0.2) is 0 Å². The highest BCUT2D eigenvalue weighted by Crippen LogP contribution is 2.36. The molecule has 0 aromatic carbocycles. The molecular weight excluding hydrogens is 160 g/mol. The van der Waals surface area contributed by atoms with E-state index in [1.54, 1.807) is 11.8 Å². The highest BCUT2D eigenvalue weighted by Gasteiger charge is 2.29. The highest BCUT2D eigenvalue weighted by atomic mass is 32.2. The molecule has 2 atom stereocenters. The molecule has 0 saturated carbocycles. The summed E-state index contributed by atoms with van der Waals surface area (Å²) in [5, 5.41) is 9.17. The van der Waals surface area contributed by atoms with Crippen LogP contribution in [0.4, 0.5) is 0 Å². The van der Waals surface area contributed by atoms with Crippen molar-refractivity contribution >= 4 is 17.7 Å². The monoisotopic (exact) mass is 174 g/mol. The van der Waals surface area contributed by atoms with Gasteiger partial charge in [0.25, 0.3) is 0 Å². The van der Waals surface area contributed by atoms with Crippen LogP contribution in [0.3, 0.4) is 0 Å². The second-order valence-corrected chi connectivity index (χ2v) is 4.46. The van der Waals surface area contributed by atoms with Crippen molar-refractivity contribution in [2.45, 2.75) is 43.1 Å². The average molecular weight is 174 g/mol. The van der Waals surface area contributed by atoms with Crippen molar-refractivity contribution in [3.63, 3.8) is 0 Å². The Labute approximate surface area is 71.4 Å². The summed E-state index contributed by atoms with van der Waals surface area (Å²) in [7, 11) is 0. The summed E-state index contributed by atoms with van der Waals surface area (Å²) in [6.07, 6.45) is 4.30. The minimum atomic E-state index is -0.631. The molecule has 0 aliphatic carbocycles. The molecule has 0 bridgehead atoms. The molecule has 3 heteroatoms. The first-order valence-corrected chi connectivity index (χ1v) is 5.06. The molecule has 1 rings (SSSR count). The lowest BCUT2D eigenvalue weighted by Crippen LogP contribution is -2.12. The Morgan fingerprint density at radius 3 is 2.82 bits per heavy atom. The molecule has 2 nitrogen and oxygen atoms in total. The third-order valence-electron chi connectivity index (χ3n) is 1.99. The first kappa shape index (κ1) is 8.91. The lowest BCUT2D eigenvalue weighted by Gasteiger charge is -2.05. The third kappa shape index (κ3) is 2.40. The van der Waals surface area contributed by atoms with Crippen molar-refractivity contribution in [2.75, 3.05) is 0 Å². The molecule has 1 fully saturated rings. The van der Waals surface area contributed by atoms with Gasteiger partial charge >= 0.3 is 5.97 Å². The van der Waals surface area contributed by atoms with Gasteiger partial charge in [0.05, 0.1) is 0 Å². The molecule has 1 N–H and O–H groups in total. The predicted octanol–water partition coefficient (Wildman–Crippen LogP) is 2.14. The molecule has 11 heavy (non-hydrogen) atoms. The minimum absolute atomic E-state index is 0.119. The Hall–Kier alpha value is -0.180. The van der Waals surface area contributed by atoms with Crippen molar-refractivity contribution in [1.82, 2.24) is 0 Å². The summed E-state index contributed by atoms with van der Waals surface area (Å²) < 4.78 is 0. The minimum Gasteiger partial charge on any atom is -0.480 e. The van der Waals surface area contributed by atoms with Crippen molar-refractivity contribution in [3.05, 3.63) is 0 Å². The van der Waals surface area contributed by atoms with E-state index in [9.17, 15) is 4.79 Å². The van der Waals surface area contributed by atoms with Crippen molar-refractivity contribution in [1.29, 1.82) is 0 Å². The average Bonchev–Trinajstić information content (AvgIpc) is 2.37. The van der Waals surface area contributed by atoms with E-state index in [-0.39, 0.29) is 5.25 Å². The van der Waals surface area contributed by atoms with E-state index in [1.165, 1.54) is 12.8 Å². The van der Waals surface area contributed by atoms with Crippen LogP contribution in [0.25, 0.3) is 0 Å². The van der Waals surface area contributed by atoms with E-state index in [2.05, 4.69) is 6.92 Å². The van der Waals surface area contributed by atoms with Gasteiger partial charge in [-0.2, -0.15) is 0 Å². The van der Waals surface area contributed by atoms with Crippen LogP contribution in [0.1, 0.15) is 32.6 Å². The van der Waals surface area contributed by atoms with E-state index in [4.69, 9.17) is 5.11 Å². The SMILES string of the molecule is CCCC1CCC(C(=O)O)S1. The van der Waals surface area contributed by atoms with E-state index in [1.807, 2.05) is 0 Å². The topological polar surface area (TPSA) is 37.3 Å². The lowest BCUT2D eigenvalue weighted by atomic mass is 10.1. The van der Waals surface area contributed by atoms with E-state index in [0.29, 0.717) is 5.25 Å². The second kappa shape index (κ2) is 4.00. The van der Waals surface area contributed by atoms with Crippen LogP contribution in [0.2, 0.25) is 0 Å². The smallest absolute Gasteiger partial charge is 0.316 e. The van der Waals surface area contributed by atoms with Crippen LogP contribution in [0.15, 0.2) is 0 Å². The standard InChI is InChI=1S/C8H14O2S/c1-2-3-6-4-5-7(11-6)8(9)10/h6-7H,2-5H2,1H3,(H,9,10). The normalized spacial score (nSPS) is 30.6. The molecular formula is C8H14O2S. The van der Waals surface area contributed by atoms with Crippen molar-refractivity contribution in [3.8, 4) is 0 Å². The van der Waals surface area contributed by atoms with Gasteiger partial charge < -0.3 is 5.11 Å². The zero-order chi connectivity index (χ0) is 8.27. The van der Waals surface area contributed by atoms with Gasteiger partial charge in [0.1, 0.15) is 5.25 Å². The summed E-state index contributed by atoms with van der Waals surface area (Å²) in [6.45, 7) is 2.15. The van der Waals surface area contributed by atoms with Gasteiger partial charge in [-0.3, -0.25) is 4.79 Å². The summed E-state index contributed by atoms with van der Waals surface area (Å²) in [5.74, 6) is -0.631. The molecule has 1 aliphatic heterocycles. The number of hydrogen-bond acceptors (Lipinski definition) is 2. The fourth-order valence-electron chi connectivity index (χ4n) is 1.42. The Kier molecular flexibility index (Phi) is 3.24. The highest BCUT2D eigenvalue weighted by molar-refractivity contribution is 8.01. The fourth-order valence-corrected chi connectivity index (χ4v) is 2.92. The number of rotatable bonds is 3. The van der Waals surface area contributed by atoms with Gasteiger partial charge in [0, 0.05) is 5.25 Å². The lowest BCUT2D eigenvalue weighted by molar-refractivity contribution is -0.136.